The molecular formula is C13H23N3O2S. The van der Waals surface area contributed by atoms with Crippen LogP contribution in [0.15, 0.2) is 10.5 Å². The number of rotatable bonds is 7. The van der Waals surface area contributed by atoms with Gasteiger partial charge in [-0.3, -0.25) is 15.1 Å². The van der Waals surface area contributed by atoms with Crippen molar-refractivity contribution in [3.8, 4) is 0 Å². The molecule has 1 amide bonds. The molecule has 0 bridgehead atoms. The summed E-state index contributed by atoms with van der Waals surface area (Å²) in [5, 5.41) is 0. The number of hydrazine groups is 1. The molecule has 0 aliphatic heterocycles. The molecule has 0 aromatic carbocycles. The molecule has 0 aliphatic rings. The SMILES string of the molecule is CCC(CSC)N(C)Cc1cc(C(=O)NN)oc1C. The highest BCUT2D eigenvalue weighted by Gasteiger charge is 2.17. The summed E-state index contributed by atoms with van der Waals surface area (Å²) in [5.41, 5.74) is 3.11. The fraction of sp³-hybridized carbons (Fsp3) is 0.615. The topological polar surface area (TPSA) is 71.5 Å². The number of amides is 1. The number of hydrogen-bond donors (Lipinski definition) is 2. The maximum atomic E-state index is 11.4. The summed E-state index contributed by atoms with van der Waals surface area (Å²) in [5.74, 6) is 6.84. The number of nitrogen functional groups attached to an aromatic ring is 1. The highest BCUT2D eigenvalue weighted by molar-refractivity contribution is 7.98. The fourth-order valence-electron chi connectivity index (χ4n) is 2.01. The van der Waals surface area contributed by atoms with E-state index in [9.17, 15) is 4.79 Å². The number of thioether (sulfide) groups is 1. The molecule has 5 nitrogen and oxygen atoms in total. The van der Waals surface area contributed by atoms with Gasteiger partial charge >= 0.3 is 5.91 Å². The van der Waals surface area contributed by atoms with Crippen LogP contribution in [-0.2, 0) is 6.54 Å². The second-order valence-electron chi connectivity index (χ2n) is 4.60. The lowest BCUT2D eigenvalue weighted by atomic mass is 10.2. The summed E-state index contributed by atoms with van der Waals surface area (Å²) in [7, 11) is 2.10. The van der Waals surface area contributed by atoms with Gasteiger partial charge in [0.1, 0.15) is 5.76 Å². The predicted octanol–water partition coefficient (Wildman–Crippen LogP) is 1.76. The van der Waals surface area contributed by atoms with E-state index in [1.54, 1.807) is 6.07 Å². The van der Waals surface area contributed by atoms with Crippen LogP contribution in [0.4, 0.5) is 0 Å². The van der Waals surface area contributed by atoms with Crippen LogP contribution in [0.3, 0.4) is 0 Å². The molecule has 0 spiro atoms. The van der Waals surface area contributed by atoms with E-state index in [0.29, 0.717) is 6.04 Å². The van der Waals surface area contributed by atoms with Crippen molar-refractivity contribution in [3.63, 3.8) is 0 Å². The normalized spacial score (nSPS) is 12.7. The first-order valence-corrected chi connectivity index (χ1v) is 7.72. The second-order valence-corrected chi connectivity index (χ2v) is 5.51. The first kappa shape index (κ1) is 16.1. The average molecular weight is 285 g/mol. The van der Waals surface area contributed by atoms with E-state index >= 15 is 0 Å². The van der Waals surface area contributed by atoms with Gasteiger partial charge in [-0.05, 0) is 32.7 Å². The van der Waals surface area contributed by atoms with Crippen molar-refractivity contribution in [2.75, 3.05) is 19.1 Å². The lowest BCUT2D eigenvalue weighted by Gasteiger charge is -2.26. The quantitative estimate of drug-likeness (QED) is 0.454. The molecule has 1 aromatic heterocycles. The Morgan fingerprint density at radius 3 is 2.84 bits per heavy atom. The maximum absolute atomic E-state index is 11.4. The van der Waals surface area contributed by atoms with Crippen LogP contribution >= 0.6 is 11.8 Å². The van der Waals surface area contributed by atoms with Gasteiger partial charge < -0.3 is 4.42 Å². The Bertz CT molecular complexity index is 420. The molecule has 0 fully saturated rings. The summed E-state index contributed by atoms with van der Waals surface area (Å²) < 4.78 is 5.42. The molecule has 1 heterocycles. The van der Waals surface area contributed by atoms with Crippen LogP contribution < -0.4 is 11.3 Å². The van der Waals surface area contributed by atoms with Crippen LogP contribution in [-0.4, -0.2) is 35.9 Å². The van der Waals surface area contributed by atoms with Gasteiger partial charge in [-0.15, -0.1) is 0 Å². The Morgan fingerprint density at radius 1 is 1.63 bits per heavy atom. The molecule has 1 unspecified atom stereocenters. The number of hydrogen-bond acceptors (Lipinski definition) is 5. The Labute approximate surface area is 118 Å². The monoisotopic (exact) mass is 285 g/mol. The number of carbonyl (C=O) groups excluding carboxylic acids is 1. The zero-order chi connectivity index (χ0) is 14.4. The molecule has 0 aliphatic carbocycles. The molecule has 1 atom stereocenters. The minimum Gasteiger partial charge on any atom is -0.456 e. The van der Waals surface area contributed by atoms with Crippen LogP contribution in [0.1, 0.15) is 35.2 Å². The van der Waals surface area contributed by atoms with Crippen molar-refractivity contribution in [1.29, 1.82) is 0 Å². The van der Waals surface area contributed by atoms with E-state index in [-0.39, 0.29) is 5.76 Å². The highest BCUT2D eigenvalue weighted by atomic mass is 32.2. The molecule has 1 aromatic rings. The van der Waals surface area contributed by atoms with Gasteiger partial charge in [-0.25, -0.2) is 5.84 Å². The Kier molecular flexibility index (Phi) is 6.41. The van der Waals surface area contributed by atoms with E-state index in [0.717, 1.165) is 30.0 Å². The lowest BCUT2D eigenvalue weighted by molar-refractivity contribution is 0.0924. The third-order valence-corrected chi connectivity index (χ3v) is 3.97. The maximum Gasteiger partial charge on any atom is 0.300 e. The Hall–Kier alpha value is -0.980. The van der Waals surface area contributed by atoms with Crippen molar-refractivity contribution in [2.24, 2.45) is 5.84 Å². The largest absolute Gasteiger partial charge is 0.456 e. The minimum atomic E-state index is -0.395. The minimum absolute atomic E-state index is 0.265. The number of carbonyl (C=O) groups is 1. The summed E-state index contributed by atoms with van der Waals surface area (Å²) in [6.45, 7) is 4.82. The van der Waals surface area contributed by atoms with Crippen molar-refractivity contribution < 1.29 is 9.21 Å². The fourth-order valence-corrected chi connectivity index (χ4v) is 2.88. The molecule has 0 saturated carbocycles. The molecule has 1 rings (SSSR count). The molecule has 19 heavy (non-hydrogen) atoms. The number of nitrogens with two attached hydrogens (primary N) is 1. The lowest BCUT2D eigenvalue weighted by Crippen LogP contribution is -2.32. The van der Waals surface area contributed by atoms with Crippen LogP contribution in [0, 0.1) is 6.92 Å². The Balaban J connectivity index is 2.76. The van der Waals surface area contributed by atoms with Gasteiger partial charge in [-0.2, -0.15) is 11.8 Å². The van der Waals surface area contributed by atoms with Gasteiger partial charge in [0.2, 0.25) is 0 Å². The third kappa shape index (κ3) is 4.26. The molecule has 0 radical (unpaired) electrons. The standard InChI is InChI=1S/C13H23N3O2S/c1-5-11(8-19-4)16(3)7-10-6-12(13(17)15-14)18-9(10)2/h6,11H,5,7-8,14H2,1-4H3,(H,15,17). The number of nitrogens with zero attached hydrogens (tertiary/aromatic N) is 1. The smallest absolute Gasteiger partial charge is 0.300 e. The molecule has 108 valence electrons. The molecule has 3 N–H and O–H groups in total. The zero-order valence-electron chi connectivity index (χ0n) is 12.0. The summed E-state index contributed by atoms with van der Waals surface area (Å²) in [6, 6.07) is 2.29. The summed E-state index contributed by atoms with van der Waals surface area (Å²) >= 11 is 1.85. The third-order valence-electron chi connectivity index (χ3n) is 3.25. The Morgan fingerprint density at radius 2 is 2.32 bits per heavy atom. The van der Waals surface area contributed by atoms with Crippen LogP contribution in [0.2, 0.25) is 0 Å². The van der Waals surface area contributed by atoms with Crippen molar-refractivity contribution in [1.82, 2.24) is 10.3 Å². The second kappa shape index (κ2) is 7.57. The first-order valence-electron chi connectivity index (χ1n) is 6.32. The van der Waals surface area contributed by atoms with E-state index in [1.165, 1.54) is 0 Å². The average Bonchev–Trinajstić information content (AvgIpc) is 2.76. The van der Waals surface area contributed by atoms with E-state index in [4.69, 9.17) is 10.3 Å². The molecular weight excluding hydrogens is 262 g/mol. The summed E-state index contributed by atoms with van der Waals surface area (Å²) in [4.78, 5) is 13.7. The van der Waals surface area contributed by atoms with Gasteiger partial charge in [0.25, 0.3) is 0 Å². The number of furan rings is 1. The molecule has 0 saturated heterocycles. The van der Waals surface area contributed by atoms with Gasteiger partial charge in [-0.1, -0.05) is 6.92 Å². The zero-order valence-corrected chi connectivity index (χ0v) is 12.8. The first-order chi connectivity index (χ1) is 9.03. The van der Waals surface area contributed by atoms with Crippen molar-refractivity contribution in [3.05, 3.63) is 23.2 Å². The van der Waals surface area contributed by atoms with E-state index in [1.807, 2.05) is 18.7 Å². The summed E-state index contributed by atoms with van der Waals surface area (Å²) in [6.07, 6.45) is 3.22. The molecule has 6 heteroatoms. The van der Waals surface area contributed by atoms with Crippen molar-refractivity contribution in [2.45, 2.75) is 32.9 Å². The van der Waals surface area contributed by atoms with Gasteiger partial charge in [0.05, 0.1) is 0 Å². The van der Waals surface area contributed by atoms with Gasteiger partial charge in [0, 0.05) is 23.9 Å². The van der Waals surface area contributed by atoms with E-state index < -0.39 is 5.91 Å². The van der Waals surface area contributed by atoms with Crippen LogP contribution in [0.5, 0.6) is 0 Å². The predicted molar refractivity (Wildman–Crippen MR) is 79.0 cm³/mol. The highest BCUT2D eigenvalue weighted by Crippen LogP contribution is 2.18. The number of aryl methyl sites for hydroxylation is 1. The number of nitrogens with one attached hydrogen (secondary N) is 1. The van der Waals surface area contributed by atoms with Gasteiger partial charge in [0.15, 0.2) is 5.76 Å². The van der Waals surface area contributed by atoms with E-state index in [2.05, 4.69) is 30.6 Å². The van der Waals surface area contributed by atoms with Crippen molar-refractivity contribution >= 4 is 17.7 Å². The van der Waals surface area contributed by atoms with Crippen LogP contribution in [0.25, 0.3) is 0 Å².